The number of hydrogen-bond donors (Lipinski definition) is 3. The fourth-order valence-electron chi connectivity index (χ4n) is 3.20. The molecule has 2 unspecified atom stereocenters. The van der Waals surface area contributed by atoms with E-state index in [2.05, 4.69) is 14.7 Å². The van der Waals surface area contributed by atoms with Crippen molar-refractivity contribution in [2.45, 2.75) is 91.4 Å². The number of nitrogens with one attached hydrogen (secondary N) is 2. The maximum Gasteiger partial charge on any atom is 0.410 e. The molecule has 2 atom stereocenters. The first-order chi connectivity index (χ1) is 19.5. The average Bonchev–Trinajstić information content (AvgIpc) is 3.41. The largest absolute Gasteiger partial charge is 0.444 e. The zero-order valence-electron chi connectivity index (χ0n) is 26.3. The lowest BCUT2D eigenvalue weighted by atomic mass is 10.2. The van der Waals surface area contributed by atoms with E-state index in [0.29, 0.717) is 17.8 Å². The van der Waals surface area contributed by atoms with Crippen LogP contribution < -0.4 is 10.5 Å². The average molecular weight is 610 g/mol. The van der Waals surface area contributed by atoms with E-state index in [0.717, 1.165) is 5.56 Å². The number of carbonyl (C=O) groups is 2. The number of hydrogen-bond acceptors (Lipinski definition) is 6. The topological polar surface area (TPSA) is 147 Å². The SMILES string of the molecule is C/C=C(\C=C/c1ncc[nH]1)C(N)=O.CC.Cc1ccc(S(=O)(=O)NC(C)CCN(CC(C)F)C(=O)OC(C)(C)C)cc1. The molecule has 1 heterocycles. The van der Waals surface area contributed by atoms with Gasteiger partial charge in [-0.05, 0) is 79.2 Å². The van der Waals surface area contributed by atoms with Crippen LogP contribution in [-0.2, 0) is 19.6 Å². The van der Waals surface area contributed by atoms with Crippen molar-refractivity contribution in [3.8, 4) is 0 Å². The molecular formula is C30H48FN5O5S. The highest BCUT2D eigenvalue weighted by Gasteiger charge is 2.25. The Morgan fingerprint density at radius 2 is 1.79 bits per heavy atom. The van der Waals surface area contributed by atoms with Crippen molar-refractivity contribution in [2.75, 3.05) is 13.1 Å². The number of amides is 2. The molecule has 42 heavy (non-hydrogen) atoms. The Bertz CT molecular complexity index is 1240. The Morgan fingerprint density at radius 1 is 1.19 bits per heavy atom. The third-order valence-corrected chi connectivity index (χ3v) is 6.78. The molecule has 2 rings (SSSR count). The molecule has 0 aliphatic heterocycles. The van der Waals surface area contributed by atoms with E-state index in [9.17, 15) is 22.4 Å². The number of imidazole rings is 1. The van der Waals surface area contributed by atoms with Crippen LogP contribution in [0.2, 0.25) is 0 Å². The number of sulfonamides is 1. The maximum absolute atomic E-state index is 13.4. The number of primary amides is 1. The highest BCUT2D eigenvalue weighted by atomic mass is 32.2. The maximum atomic E-state index is 13.4. The van der Waals surface area contributed by atoms with Crippen molar-refractivity contribution in [1.29, 1.82) is 0 Å². The first-order valence-electron chi connectivity index (χ1n) is 13.9. The predicted octanol–water partition coefficient (Wildman–Crippen LogP) is 5.53. The number of allylic oxidation sites excluding steroid dienone is 1. The summed E-state index contributed by atoms with van der Waals surface area (Å²) in [6.45, 7) is 16.0. The van der Waals surface area contributed by atoms with Crippen LogP contribution in [0.25, 0.3) is 6.08 Å². The van der Waals surface area contributed by atoms with E-state index in [1.54, 1.807) is 89.5 Å². The summed E-state index contributed by atoms with van der Waals surface area (Å²) >= 11 is 0. The number of aromatic nitrogens is 2. The van der Waals surface area contributed by atoms with Crippen molar-refractivity contribution in [3.63, 3.8) is 0 Å². The monoisotopic (exact) mass is 609 g/mol. The second-order valence-electron chi connectivity index (χ2n) is 10.2. The van der Waals surface area contributed by atoms with E-state index in [4.69, 9.17) is 10.5 Å². The van der Waals surface area contributed by atoms with E-state index in [-0.39, 0.29) is 18.0 Å². The van der Waals surface area contributed by atoms with Gasteiger partial charge in [-0.25, -0.2) is 27.3 Å². The molecule has 1 aromatic heterocycles. The molecule has 236 valence electrons. The van der Waals surface area contributed by atoms with Gasteiger partial charge in [-0.3, -0.25) is 4.79 Å². The zero-order chi connectivity index (χ0) is 32.5. The lowest BCUT2D eigenvalue weighted by molar-refractivity contribution is -0.114. The number of aryl methyl sites for hydroxylation is 1. The number of halogens is 1. The minimum absolute atomic E-state index is 0.105. The van der Waals surface area contributed by atoms with Crippen LogP contribution >= 0.6 is 0 Å². The van der Waals surface area contributed by atoms with Gasteiger partial charge in [0.05, 0.1) is 11.4 Å². The highest BCUT2D eigenvalue weighted by Crippen LogP contribution is 2.14. The van der Waals surface area contributed by atoms with Crippen LogP contribution in [0.1, 0.15) is 73.2 Å². The number of nitrogens with zero attached hydrogens (tertiary/aromatic N) is 2. The predicted molar refractivity (Wildman–Crippen MR) is 166 cm³/mol. The van der Waals surface area contributed by atoms with Crippen LogP contribution in [0.3, 0.4) is 0 Å². The van der Waals surface area contributed by atoms with Gasteiger partial charge in [0.2, 0.25) is 15.9 Å². The van der Waals surface area contributed by atoms with Gasteiger partial charge >= 0.3 is 6.09 Å². The standard InChI is InChI=1S/C19H31FN2O4S.C9H11N3O.C2H6/c1-14-7-9-17(10-8-14)27(24,25)21-16(3)11-12-22(13-15(2)20)18(23)26-19(4,5)6;1-2-7(9(10)13)3-4-8-11-5-6-12-8;1-2/h7-10,15-16,21H,11-13H2,1-6H3;2-6H,1H3,(H2,10,13)(H,11,12);1-2H3/b;4-3-,7-2+;. The number of alkyl halides is 1. The molecule has 0 bridgehead atoms. The molecular weight excluding hydrogens is 561 g/mol. The fraction of sp³-hybridized carbons (Fsp3) is 0.500. The van der Waals surface area contributed by atoms with Crippen LogP contribution in [0.5, 0.6) is 0 Å². The Labute approximate surface area is 250 Å². The number of carbonyl (C=O) groups excluding carboxylic acids is 2. The first kappa shape index (κ1) is 38.5. The number of nitrogens with two attached hydrogens (primary N) is 1. The van der Waals surface area contributed by atoms with Crippen molar-refractivity contribution in [1.82, 2.24) is 19.6 Å². The van der Waals surface area contributed by atoms with Crippen molar-refractivity contribution < 1.29 is 27.1 Å². The Morgan fingerprint density at radius 3 is 2.24 bits per heavy atom. The molecule has 2 amide bonds. The third-order valence-electron chi connectivity index (χ3n) is 5.18. The molecule has 0 fully saturated rings. The van der Waals surface area contributed by atoms with Crippen molar-refractivity contribution >= 4 is 28.1 Å². The summed E-state index contributed by atoms with van der Waals surface area (Å²) < 4.78 is 46.2. The number of benzene rings is 1. The molecule has 0 aliphatic rings. The summed E-state index contributed by atoms with van der Waals surface area (Å²) in [4.78, 5) is 31.3. The molecule has 0 saturated carbocycles. The molecule has 0 aliphatic carbocycles. The van der Waals surface area contributed by atoms with Crippen LogP contribution in [0.4, 0.5) is 9.18 Å². The van der Waals surface area contributed by atoms with Gasteiger partial charge in [0.15, 0.2) is 0 Å². The second-order valence-corrected chi connectivity index (χ2v) is 12.0. The Hall–Kier alpha value is -3.51. The normalized spacial score (nSPS) is 13.2. The number of aromatic amines is 1. The van der Waals surface area contributed by atoms with Gasteiger partial charge in [-0.15, -0.1) is 0 Å². The molecule has 12 heteroatoms. The van der Waals surface area contributed by atoms with Crippen LogP contribution in [-0.4, -0.2) is 66.2 Å². The minimum Gasteiger partial charge on any atom is -0.444 e. The summed E-state index contributed by atoms with van der Waals surface area (Å²) in [6, 6.07) is 6.11. The van der Waals surface area contributed by atoms with Gasteiger partial charge < -0.3 is 20.4 Å². The highest BCUT2D eigenvalue weighted by molar-refractivity contribution is 7.89. The Balaban J connectivity index is 0.000000932. The molecule has 2 aromatic rings. The Kier molecular flexibility index (Phi) is 17.3. The van der Waals surface area contributed by atoms with Crippen LogP contribution in [0.15, 0.2) is 59.3 Å². The smallest absolute Gasteiger partial charge is 0.410 e. The van der Waals surface area contributed by atoms with E-state index < -0.39 is 39.8 Å². The minimum atomic E-state index is -3.66. The van der Waals surface area contributed by atoms with E-state index in [1.807, 2.05) is 20.8 Å². The summed E-state index contributed by atoms with van der Waals surface area (Å²) in [6.07, 6.45) is 6.83. The summed E-state index contributed by atoms with van der Waals surface area (Å²) in [5.41, 5.74) is 5.85. The molecule has 4 N–H and O–H groups in total. The van der Waals surface area contributed by atoms with Gasteiger partial charge in [0.25, 0.3) is 0 Å². The van der Waals surface area contributed by atoms with Crippen LogP contribution in [0, 0.1) is 6.92 Å². The van der Waals surface area contributed by atoms with Gasteiger partial charge in [0, 0.05) is 30.6 Å². The molecule has 0 spiro atoms. The lowest BCUT2D eigenvalue weighted by Gasteiger charge is -2.28. The number of H-pyrrole nitrogens is 1. The van der Waals surface area contributed by atoms with Gasteiger partial charge in [-0.2, -0.15) is 0 Å². The zero-order valence-corrected chi connectivity index (χ0v) is 27.1. The van der Waals surface area contributed by atoms with Crippen molar-refractivity contribution in [2.24, 2.45) is 5.73 Å². The van der Waals surface area contributed by atoms with E-state index >= 15 is 0 Å². The fourth-order valence-corrected chi connectivity index (χ4v) is 4.48. The van der Waals surface area contributed by atoms with Gasteiger partial charge in [0.1, 0.15) is 17.6 Å². The quantitative estimate of drug-likeness (QED) is 0.226. The number of rotatable bonds is 11. The first-order valence-corrected chi connectivity index (χ1v) is 15.4. The molecule has 10 nitrogen and oxygen atoms in total. The molecule has 0 radical (unpaired) electrons. The summed E-state index contributed by atoms with van der Waals surface area (Å²) in [5, 5.41) is 0. The summed E-state index contributed by atoms with van der Waals surface area (Å²) in [5.74, 6) is 0.255. The third kappa shape index (κ3) is 16.1. The van der Waals surface area contributed by atoms with E-state index in [1.165, 1.54) is 11.8 Å². The number of ether oxygens (including phenoxy) is 1. The molecule has 0 saturated heterocycles. The second kappa shape index (κ2) is 18.8. The van der Waals surface area contributed by atoms with Gasteiger partial charge in [-0.1, -0.05) is 37.6 Å². The molecule has 1 aromatic carbocycles. The van der Waals surface area contributed by atoms with Crippen molar-refractivity contribution in [3.05, 3.63) is 65.8 Å². The lowest BCUT2D eigenvalue weighted by Crippen LogP contribution is -2.42. The summed E-state index contributed by atoms with van der Waals surface area (Å²) in [7, 11) is -3.66.